The lowest BCUT2D eigenvalue weighted by molar-refractivity contribution is -0.135. The first-order chi connectivity index (χ1) is 12.1. The van der Waals surface area contributed by atoms with Crippen LogP contribution in [0.3, 0.4) is 0 Å². The number of carbonyl (C=O) groups is 2. The van der Waals surface area contributed by atoms with Crippen LogP contribution in [0.25, 0.3) is 0 Å². The number of morpholine rings is 1. The quantitative estimate of drug-likeness (QED) is 0.824. The van der Waals surface area contributed by atoms with E-state index in [1.165, 1.54) is 12.1 Å². The van der Waals surface area contributed by atoms with E-state index in [4.69, 9.17) is 4.74 Å². The molecular formula is C18H24FN3O3. The van der Waals surface area contributed by atoms with E-state index in [0.29, 0.717) is 39.1 Å². The Labute approximate surface area is 146 Å². The van der Waals surface area contributed by atoms with Gasteiger partial charge in [0.15, 0.2) is 0 Å². The van der Waals surface area contributed by atoms with Crippen molar-refractivity contribution >= 4 is 11.8 Å². The fraction of sp³-hybridized carbons (Fsp3) is 0.556. The van der Waals surface area contributed by atoms with Crippen molar-refractivity contribution in [2.75, 3.05) is 39.4 Å². The molecule has 2 fully saturated rings. The molecule has 6 nitrogen and oxygen atoms in total. The van der Waals surface area contributed by atoms with Crippen LogP contribution in [-0.2, 0) is 20.9 Å². The molecule has 1 unspecified atom stereocenters. The number of amides is 2. The van der Waals surface area contributed by atoms with Crippen molar-refractivity contribution in [1.82, 2.24) is 15.1 Å². The van der Waals surface area contributed by atoms with E-state index in [2.05, 4.69) is 10.2 Å². The third kappa shape index (κ3) is 4.99. The molecule has 7 heteroatoms. The molecule has 0 aromatic heterocycles. The lowest BCUT2D eigenvalue weighted by atomic mass is 10.1. The monoisotopic (exact) mass is 349 g/mol. The van der Waals surface area contributed by atoms with Gasteiger partial charge < -0.3 is 15.0 Å². The topological polar surface area (TPSA) is 61.9 Å². The summed E-state index contributed by atoms with van der Waals surface area (Å²) in [5, 5.41) is 2.73. The van der Waals surface area contributed by atoms with Gasteiger partial charge in [0, 0.05) is 39.1 Å². The molecule has 136 valence electrons. The minimum absolute atomic E-state index is 0.0859. The number of nitrogens with zero attached hydrogens (tertiary/aromatic N) is 2. The zero-order chi connectivity index (χ0) is 17.6. The molecule has 0 spiro atoms. The molecule has 1 aromatic carbocycles. The normalized spacial score (nSPS) is 21.2. The maximum Gasteiger partial charge on any atom is 0.245 e. The van der Waals surface area contributed by atoms with Crippen LogP contribution in [0.15, 0.2) is 24.3 Å². The minimum atomic E-state index is -0.467. The van der Waals surface area contributed by atoms with E-state index in [-0.39, 0.29) is 17.6 Å². The molecule has 25 heavy (non-hydrogen) atoms. The molecule has 1 N–H and O–H groups in total. The second-order valence-corrected chi connectivity index (χ2v) is 6.50. The van der Waals surface area contributed by atoms with E-state index in [0.717, 1.165) is 25.2 Å². The molecule has 2 heterocycles. The predicted molar refractivity (Wildman–Crippen MR) is 90.2 cm³/mol. The van der Waals surface area contributed by atoms with Crippen LogP contribution in [-0.4, -0.2) is 67.0 Å². The molecule has 2 aliphatic rings. The summed E-state index contributed by atoms with van der Waals surface area (Å²) >= 11 is 0. The molecule has 2 amide bonds. The van der Waals surface area contributed by atoms with Gasteiger partial charge in [-0.2, -0.15) is 0 Å². The Morgan fingerprint density at radius 2 is 2.16 bits per heavy atom. The zero-order valence-corrected chi connectivity index (χ0v) is 14.2. The number of ether oxygens (including phenoxy) is 1. The first-order valence-electron chi connectivity index (χ1n) is 8.74. The van der Waals surface area contributed by atoms with Crippen molar-refractivity contribution < 1.29 is 18.7 Å². The van der Waals surface area contributed by atoms with Gasteiger partial charge >= 0.3 is 0 Å². The van der Waals surface area contributed by atoms with E-state index < -0.39 is 6.04 Å². The molecule has 0 bridgehead atoms. The summed E-state index contributed by atoms with van der Waals surface area (Å²) < 4.78 is 18.8. The number of hydrogen-bond donors (Lipinski definition) is 1. The Morgan fingerprint density at radius 1 is 1.36 bits per heavy atom. The first-order valence-corrected chi connectivity index (χ1v) is 8.74. The number of hydrogen-bond acceptors (Lipinski definition) is 4. The smallest absolute Gasteiger partial charge is 0.245 e. The second-order valence-electron chi connectivity index (χ2n) is 6.50. The highest BCUT2D eigenvalue weighted by Gasteiger charge is 2.31. The largest absolute Gasteiger partial charge is 0.379 e. The molecule has 1 atom stereocenters. The van der Waals surface area contributed by atoms with Gasteiger partial charge in [0.05, 0.1) is 13.2 Å². The Hall–Kier alpha value is -1.99. The first kappa shape index (κ1) is 17.8. The summed E-state index contributed by atoms with van der Waals surface area (Å²) in [6, 6.07) is 5.83. The van der Waals surface area contributed by atoms with Gasteiger partial charge in [-0.25, -0.2) is 4.39 Å². The number of rotatable bonds is 6. The van der Waals surface area contributed by atoms with Crippen LogP contribution in [0.1, 0.15) is 18.4 Å². The molecule has 0 radical (unpaired) electrons. The highest BCUT2D eigenvalue weighted by Crippen LogP contribution is 2.14. The highest BCUT2D eigenvalue weighted by atomic mass is 19.1. The van der Waals surface area contributed by atoms with Crippen LogP contribution < -0.4 is 5.32 Å². The van der Waals surface area contributed by atoms with Gasteiger partial charge in [0.2, 0.25) is 11.8 Å². The van der Waals surface area contributed by atoms with Crippen molar-refractivity contribution in [3.63, 3.8) is 0 Å². The second kappa shape index (κ2) is 8.40. The maximum absolute atomic E-state index is 13.5. The van der Waals surface area contributed by atoms with Crippen molar-refractivity contribution in [2.24, 2.45) is 0 Å². The molecule has 2 aliphatic heterocycles. The number of benzene rings is 1. The third-order valence-corrected chi connectivity index (χ3v) is 4.66. The summed E-state index contributed by atoms with van der Waals surface area (Å²) in [6.07, 6.45) is 0.905. The number of nitrogens with one attached hydrogen (secondary N) is 1. The molecule has 2 saturated heterocycles. The average molecular weight is 349 g/mol. The molecule has 1 aromatic rings. The summed E-state index contributed by atoms with van der Waals surface area (Å²) in [5.74, 6) is -0.493. The van der Waals surface area contributed by atoms with Crippen molar-refractivity contribution in [2.45, 2.75) is 25.4 Å². The van der Waals surface area contributed by atoms with Crippen molar-refractivity contribution in [3.8, 4) is 0 Å². The van der Waals surface area contributed by atoms with Gasteiger partial charge in [0.25, 0.3) is 0 Å². The van der Waals surface area contributed by atoms with E-state index in [1.807, 2.05) is 6.07 Å². The Kier molecular flexibility index (Phi) is 5.99. The predicted octanol–water partition coefficient (Wildman–Crippen LogP) is 0.765. The molecule has 3 rings (SSSR count). The number of halogens is 1. The van der Waals surface area contributed by atoms with Crippen LogP contribution in [0.4, 0.5) is 4.39 Å². The molecular weight excluding hydrogens is 325 g/mol. The van der Waals surface area contributed by atoms with Gasteiger partial charge in [-0.15, -0.1) is 0 Å². The summed E-state index contributed by atoms with van der Waals surface area (Å²) in [4.78, 5) is 28.2. The minimum Gasteiger partial charge on any atom is -0.379 e. The SMILES string of the molecule is O=C1CCC(C(=O)N(CCN2CCOCC2)Cc2cccc(F)c2)N1. The highest BCUT2D eigenvalue weighted by molar-refractivity contribution is 5.90. The van der Waals surface area contributed by atoms with E-state index >= 15 is 0 Å². The van der Waals surface area contributed by atoms with Crippen molar-refractivity contribution in [1.29, 1.82) is 0 Å². The Balaban J connectivity index is 1.65. The summed E-state index contributed by atoms with van der Waals surface area (Å²) in [6.45, 7) is 4.73. The summed E-state index contributed by atoms with van der Waals surface area (Å²) in [5.41, 5.74) is 0.750. The maximum atomic E-state index is 13.5. The van der Waals surface area contributed by atoms with Crippen LogP contribution in [0.2, 0.25) is 0 Å². The van der Waals surface area contributed by atoms with Crippen LogP contribution >= 0.6 is 0 Å². The average Bonchev–Trinajstić information content (AvgIpc) is 3.05. The van der Waals surface area contributed by atoms with Gasteiger partial charge in [-0.1, -0.05) is 12.1 Å². The standard InChI is InChI=1S/C18H24FN3O3/c19-15-3-1-2-14(12-15)13-22(7-6-21-8-10-25-11-9-21)18(24)16-4-5-17(23)20-16/h1-3,12,16H,4-11,13H2,(H,20,23). The lowest BCUT2D eigenvalue weighted by Gasteiger charge is -2.31. The van der Waals surface area contributed by atoms with E-state index in [9.17, 15) is 14.0 Å². The fourth-order valence-electron chi connectivity index (χ4n) is 3.23. The number of carbonyl (C=O) groups excluding carboxylic acids is 2. The summed E-state index contributed by atoms with van der Waals surface area (Å²) in [7, 11) is 0. The third-order valence-electron chi connectivity index (χ3n) is 4.66. The lowest BCUT2D eigenvalue weighted by Crippen LogP contribution is -2.48. The molecule has 0 saturated carbocycles. The van der Waals surface area contributed by atoms with Crippen LogP contribution in [0.5, 0.6) is 0 Å². The Bertz CT molecular complexity index is 619. The van der Waals surface area contributed by atoms with Gasteiger partial charge in [-0.05, 0) is 24.1 Å². The van der Waals surface area contributed by atoms with Gasteiger partial charge in [-0.3, -0.25) is 14.5 Å². The zero-order valence-electron chi connectivity index (χ0n) is 14.2. The molecule has 0 aliphatic carbocycles. The van der Waals surface area contributed by atoms with E-state index in [1.54, 1.807) is 11.0 Å². The fourth-order valence-corrected chi connectivity index (χ4v) is 3.23. The Morgan fingerprint density at radius 3 is 2.84 bits per heavy atom. The van der Waals surface area contributed by atoms with Gasteiger partial charge in [0.1, 0.15) is 11.9 Å². The van der Waals surface area contributed by atoms with Crippen molar-refractivity contribution in [3.05, 3.63) is 35.6 Å². The van der Waals surface area contributed by atoms with Crippen LogP contribution in [0, 0.1) is 5.82 Å².